The molecule has 0 spiro atoms. The van der Waals surface area contributed by atoms with Crippen molar-refractivity contribution in [3.8, 4) is 5.69 Å². The Balaban J connectivity index is 2.45. The lowest BCUT2D eigenvalue weighted by Gasteiger charge is -2.16. The first-order chi connectivity index (χ1) is 10.5. The van der Waals surface area contributed by atoms with E-state index in [0.29, 0.717) is 27.4 Å². The lowest BCUT2D eigenvalue weighted by atomic mass is 10.1. The molecule has 0 unspecified atom stereocenters. The maximum absolute atomic E-state index is 12.9. The van der Waals surface area contributed by atoms with E-state index in [-0.39, 0.29) is 11.6 Å². The SMILES string of the molecule is Cc1cccc2c(=O)n(-c3cccc(Cl)c3)c([C@H](C)N)nc12. The number of hydrogen-bond donors (Lipinski definition) is 1. The number of para-hydroxylation sites is 1. The highest BCUT2D eigenvalue weighted by molar-refractivity contribution is 6.30. The van der Waals surface area contributed by atoms with Gasteiger partial charge < -0.3 is 5.73 Å². The Labute approximate surface area is 133 Å². The van der Waals surface area contributed by atoms with Crippen LogP contribution in [-0.2, 0) is 0 Å². The van der Waals surface area contributed by atoms with E-state index in [1.165, 1.54) is 4.57 Å². The number of nitrogens with two attached hydrogens (primary N) is 1. The second kappa shape index (κ2) is 5.55. The molecule has 112 valence electrons. The first-order valence-electron chi connectivity index (χ1n) is 7.03. The molecule has 2 N–H and O–H groups in total. The molecule has 0 saturated heterocycles. The molecule has 5 heteroatoms. The topological polar surface area (TPSA) is 60.9 Å². The third-order valence-electron chi connectivity index (χ3n) is 3.60. The van der Waals surface area contributed by atoms with E-state index in [0.717, 1.165) is 5.56 Å². The van der Waals surface area contributed by atoms with Crippen molar-refractivity contribution in [2.24, 2.45) is 5.73 Å². The Morgan fingerprint density at radius 3 is 2.64 bits per heavy atom. The third-order valence-corrected chi connectivity index (χ3v) is 3.84. The zero-order valence-corrected chi connectivity index (χ0v) is 13.1. The summed E-state index contributed by atoms with van der Waals surface area (Å²) in [5.74, 6) is 0.522. The van der Waals surface area contributed by atoms with Gasteiger partial charge in [0.25, 0.3) is 5.56 Å². The maximum atomic E-state index is 12.9. The van der Waals surface area contributed by atoms with Crippen LogP contribution in [0.5, 0.6) is 0 Å². The summed E-state index contributed by atoms with van der Waals surface area (Å²) in [4.78, 5) is 17.6. The van der Waals surface area contributed by atoms with Gasteiger partial charge in [0.1, 0.15) is 5.82 Å². The number of halogens is 1. The molecule has 0 bridgehead atoms. The van der Waals surface area contributed by atoms with Crippen LogP contribution in [0.3, 0.4) is 0 Å². The van der Waals surface area contributed by atoms with Crippen LogP contribution in [0.4, 0.5) is 0 Å². The third kappa shape index (κ3) is 2.40. The number of rotatable bonds is 2. The van der Waals surface area contributed by atoms with Crippen molar-refractivity contribution in [3.05, 3.63) is 69.2 Å². The number of aryl methyl sites for hydroxylation is 1. The molecule has 1 heterocycles. The van der Waals surface area contributed by atoms with E-state index in [1.807, 2.05) is 32.0 Å². The lowest BCUT2D eigenvalue weighted by molar-refractivity contribution is 0.696. The highest BCUT2D eigenvalue weighted by atomic mass is 35.5. The zero-order chi connectivity index (χ0) is 15.9. The molecule has 0 aliphatic carbocycles. The second-order valence-electron chi connectivity index (χ2n) is 5.35. The predicted molar refractivity (Wildman–Crippen MR) is 89.7 cm³/mol. The van der Waals surface area contributed by atoms with E-state index in [1.54, 1.807) is 24.3 Å². The van der Waals surface area contributed by atoms with Gasteiger partial charge in [-0.1, -0.05) is 29.8 Å². The fourth-order valence-corrected chi connectivity index (χ4v) is 2.72. The van der Waals surface area contributed by atoms with Gasteiger partial charge in [0, 0.05) is 5.02 Å². The van der Waals surface area contributed by atoms with E-state index in [9.17, 15) is 4.79 Å². The van der Waals surface area contributed by atoms with Crippen molar-refractivity contribution >= 4 is 22.5 Å². The zero-order valence-electron chi connectivity index (χ0n) is 12.4. The summed E-state index contributed by atoms with van der Waals surface area (Å²) in [6, 6.07) is 12.3. The molecule has 22 heavy (non-hydrogen) atoms. The molecule has 3 rings (SSSR count). The highest BCUT2D eigenvalue weighted by Crippen LogP contribution is 2.20. The fourth-order valence-electron chi connectivity index (χ4n) is 2.54. The van der Waals surface area contributed by atoms with Crippen LogP contribution in [0.1, 0.15) is 24.4 Å². The summed E-state index contributed by atoms with van der Waals surface area (Å²) in [5.41, 5.74) is 8.22. The van der Waals surface area contributed by atoms with Gasteiger partial charge in [-0.15, -0.1) is 0 Å². The van der Waals surface area contributed by atoms with Crippen molar-refractivity contribution in [1.82, 2.24) is 9.55 Å². The van der Waals surface area contributed by atoms with Crippen LogP contribution in [0.2, 0.25) is 5.02 Å². The average Bonchev–Trinajstić information content (AvgIpc) is 2.47. The molecular formula is C17H16ClN3O. The Kier molecular flexibility index (Phi) is 3.72. The molecule has 2 aromatic carbocycles. The number of benzene rings is 2. The second-order valence-corrected chi connectivity index (χ2v) is 5.79. The van der Waals surface area contributed by atoms with Crippen LogP contribution >= 0.6 is 11.6 Å². The largest absolute Gasteiger partial charge is 0.322 e. The minimum Gasteiger partial charge on any atom is -0.322 e. The van der Waals surface area contributed by atoms with Gasteiger partial charge in [-0.3, -0.25) is 9.36 Å². The van der Waals surface area contributed by atoms with Crippen LogP contribution in [0, 0.1) is 6.92 Å². The minimum absolute atomic E-state index is 0.136. The molecule has 0 radical (unpaired) electrons. The van der Waals surface area contributed by atoms with E-state index < -0.39 is 0 Å². The first kappa shape index (κ1) is 14.8. The normalized spacial score (nSPS) is 12.5. The molecule has 4 nitrogen and oxygen atoms in total. The average molecular weight is 314 g/mol. The summed E-state index contributed by atoms with van der Waals surface area (Å²) in [5, 5.41) is 1.13. The Bertz CT molecular complexity index is 915. The van der Waals surface area contributed by atoms with E-state index in [2.05, 4.69) is 4.98 Å². The first-order valence-corrected chi connectivity index (χ1v) is 7.40. The summed E-state index contributed by atoms with van der Waals surface area (Å²) >= 11 is 6.06. The standard InChI is InChI=1S/C17H16ClN3O/c1-10-5-3-8-14-15(10)20-16(11(2)19)21(17(14)22)13-7-4-6-12(18)9-13/h3-9,11H,19H2,1-2H3/t11-/m0/s1. The van der Waals surface area contributed by atoms with Gasteiger partial charge in [-0.05, 0) is 43.7 Å². The number of hydrogen-bond acceptors (Lipinski definition) is 3. The molecule has 0 aliphatic heterocycles. The Morgan fingerprint density at radius 2 is 1.95 bits per heavy atom. The van der Waals surface area contributed by atoms with Gasteiger partial charge >= 0.3 is 0 Å². The van der Waals surface area contributed by atoms with Crippen LogP contribution < -0.4 is 11.3 Å². The molecule has 0 fully saturated rings. The van der Waals surface area contributed by atoms with Crippen molar-refractivity contribution in [2.45, 2.75) is 19.9 Å². The van der Waals surface area contributed by atoms with Crippen LogP contribution in [0.25, 0.3) is 16.6 Å². The van der Waals surface area contributed by atoms with Crippen LogP contribution in [-0.4, -0.2) is 9.55 Å². The molecule has 0 saturated carbocycles. The number of nitrogens with zero attached hydrogens (tertiary/aromatic N) is 2. The van der Waals surface area contributed by atoms with Crippen molar-refractivity contribution in [2.75, 3.05) is 0 Å². The molecule has 0 amide bonds. The number of aromatic nitrogens is 2. The maximum Gasteiger partial charge on any atom is 0.266 e. The van der Waals surface area contributed by atoms with Gasteiger partial charge in [-0.2, -0.15) is 0 Å². The Morgan fingerprint density at radius 1 is 1.23 bits per heavy atom. The smallest absolute Gasteiger partial charge is 0.266 e. The molecular weight excluding hydrogens is 298 g/mol. The molecule has 1 aromatic heterocycles. The van der Waals surface area contributed by atoms with Gasteiger partial charge in [0.05, 0.1) is 22.6 Å². The minimum atomic E-state index is -0.379. The quantitative estimate of drug-likeness (QED) is 0.789. The summed E-state index contributed by atoms with van der Waals surface area (Å²) < 4.78 is 1.54. The van der Waals surface area contributed by atoms with Gasteiger partial charge in [0.2, 0.25) is 0 Å². The fraction of sp³-hybridized carbons (Fsp3) is 0.176. The van der Waals surface area contributed by atoms with E-state index >= 15 is 0 Å². The lowest BCUT2D eigenvalue weighted by Crippen LogP contribution is -2.27. The number of fused-ring (bicyclic) bond motifs is 1. The highest BCUT2D eigenvalue weighted by Gasteiger charge is 2.16. The van der Waals surface area contributed by atoms with Crippen molar-refractivity contribution in [1.29, 1.82) is 0 Å². The summed E-state index contributed by atoms with van der Waals surface area (Å²) in [6.45, 7) is 3.75. The van der Waals surface area contributed by atoms with E-state index in [4.69, 9.17) is 17.3 Å². The Hall–Kier alpha value is -2.17. The molecule has 0 aliphatic rings. The predicted octanol–water partition coefficient (Wildman–Crippen LogP) is 3.37. The van der Waals surface area contributed by atoms with Gasteiger partial charge in [-0.25, -0.2) is 4.98 Å². The van der Waals surface area contributed by atoms with Crippen LogP contribution in [0.15, 0.2) is 47.3 Å². The monoisotopic (exact) mass is 313 g/mol. The molecule has 1 atom stereocenters. The summed E-state index contributed by atoms with van der Waals surface area (Å²) in [6.07, 6.45) is 0. The summed E-state index contributed by atoms with van der Waals surface area (Å²) in [7, 11) is 0. The molecule has 3 aromatic rings. The van der Waals surface area contributed by atoms with Crippen molar-refractivity contribution < 1.29 is 0 Å². The van der Waals surface area contributed by atoms with Crippen molar-refractivity contribution in [3.63, 3.8) is 0 Å². The van der Waals surface area contributed by atoms with Gasteiger partial charge in [0.15, 0.2) is 0 Å².